The third-order valence-electron chi connectivity index (χ3n) is 3.78. The van der Waals surface area contributed by atoms with E-state index < -0.39 is 0 Å². The molecule has 0 unspecified atom stereocenters. The standard InChI is InChI=1S/C20H20FN3O2S/c1-24(2)17-7-5-15(6-8-17)22-19(25)11-16-13-27-20(23-16)12-26-18-9-3-14(21)4-10-18/h3-10,13H,11-12H2,1-2H3,(H,22,25). The maximum atomic E-state index is 12.9. The molecule has 0 saturated heterocycles. The van der Waals surface area contributed by atoms with Crippen LogP contribution in [-0.4, -0.2) is 25.0 Å². The Balaban J connectivity index is 1.50. The molecule has 0 aliphatic rings. The van der Waals surface area contributed by atoms with Crippen LogP contribution in [0.2, 0.25) is 0 Å². The van der Waals surface area contributed by atoms with E-state index in [-0.39, 0.29) is 24.8 Å². The van der Waals surface area contributed by atoms with E-state index >= 15 is 0 Å². The van der Waals surface area contributed by atoms with Crippen molar-refractivity contribution in [2.75, 3.05) is 24.3 Å². The summed E-state index contributed by atoms with van der Waals surface area (Å²) in [7, 11) is 3.93. The van der Waals surface area contributed by atoms with Crippen LogP contribution in [-0.2, 0) is 17.8 Å². The lowest BCUT2D eigenvalue weighted by atomic mass is 10.2. The number of benzene rings is 2. The van der Waals surface area contributed by atoms with Crippen LogP contribution in [0, 0.1) is 5.82 Å². The molecule has 0 radical (unpaired) electrons. The van der Waals surface area contributed by atoms with Gasteiger partial charge in [-0.25, -0.2) is 9.37 Å². The number of nitrogens with zero attached hydrogens (tertiary/aromatic N) is 2. The number of thiazole rings is 1. The van der Waals surface area contributed by atoms with Crippen molar-refractivity contribution in [1.29, 1.82) is 0 Å². The normalized spacial score (nSPS) is 10.5. The predicted molar refractivity (Wildman–Crippen MR) is 106 cm³/mol. The molecule has 1 amide bonds. The van der Waals surface area contributed by atoms with Gasteiger partial charge in [-0.05, 0) is 48.5 Å². The lowest BCUT2D eigenvalue weighted by molar-refractivity contribution is -0.115. The summed E-state index contributed by atoms with van der Waals surface area (Å²) in [5.74, 6) is 0.150. The Morgan fingerprint density at radius 3 is 2.52 bits per heavy atom. The Kier molecular flexibility index (Phi) is 6.03. The first-order chi connectivity index (χ1) is 13.0. The zero-order chi connectivity index (χ0) is 19.2. The van der Waals surface area contributed by atoms with Crippen molar-refractivity contribution in [2.24, 2.45) is 0 Å². The van der Waals surface area contributed by atoms with E-state index in [1.54, 1.807) is 12.1 Å². The van der Waals surface area contributed by atoms with E-state index in [1.165, 1.54) is 23.5 Å². The number of carbonyl (C=O) groups is 1. The average Bonchev–Trinajstić information content (AvgIpc) is 3.09. The van der Waals surface area contributed by atoms with E-state index in [1.807, 2.05) is 48.6 Å². The Labute approximate surface area is 161 Å². The number of ether oxygens (including phenoxy) is 1. The SMILES string of the molecule is CN(C)c1ccc(NC(=O)Cc2csc(COc3ccc(F)cc3)n2)cc1. The molecule has 3 aromatic rings. The summed E-state index contributed by atoms with van der Waals surface area (Å²) in [5.41, 5.74) is 2.51. The molecular weight excluding hydrogens is 365 g/mol. The molecule has 7 heteroatoms. The molecule has 27 heavy (non-hydrogen) atoms. The molecule has 0 aliphatic carbocycles. The van der Waals surface area contributed by atoms with Crippen molar-refractivity contribution in [3.8, 4) is 5.75 Å². The molecular formula is C20H20FN3O2S. The minimum atomic E-state index is -0.304. The summed E-state index contributed by atoms with van der Waals surface area (Å²) in [5, 5.41) is 5.48. The lowest BCUT2D eigenvalue weighted by Gasteiger charge is -2.12. The van der Waals surface area contributed by atoms with Crippen molar-refractivity contribution in [1.82, 2.24) is 4.98 Å². The van der Waals surface area contributed by atoms with Crippen LogP contribution in [0.4, 0.5) is 15.8 Å². The van der Waals surface area contributed by atoms with Crippen LogP contribution in [0.5, 0.6) is 5.75 Å². The topological polar surface area (TPSA) is 54.5 Å². The maximum Gasteiger partial charge on any atom is 0.230 e. The summed E-state index contributed by atoms with van der Waals surface area (Å²) in [6.45, 7) is 0.282. The summed E-state index contributed by atoms with van der Waals surface area (Å²) < 4.78 is 18.4. The van der Waals surface area contributed by atoms with Gasteiger partial charge in [0.1, 0.15) is 23.2 Å². The molecule has 140 valence electrons. The smallest absolute Gasteiger partial charge is 0.230 e. The molecule has 0 atom stereocenters. The zero-order valence-electron chi connectivity index (χ0n) is 15.1. The van der Waals surface area contributed by atoms with Gasteiger partial charge >= 0.3 is 0 Å². The van der Waals surface area contributed by atoms with Gasteiger partial charge in [-0.2, -0.15) is 0 Å². The van der Waals surface area contributed by atoms with Crippen LogP contribution < -0.4 is 15.0 Å². The van der Waals surface area contributed by atoms with Gasteiger partial charge in [-0.3, -0.25) is 4.79 Å². The fourth-order valence-corrected chi connectivity index (χ4v) is 3.09. The van der Waals surface area contributed by atoms with E-state index in [0.29, 0.717) is 11.4 Å². The van der Waals surface area contributed by atoms with Crippen molar-refractivity contribution in [2.45, 2.75) is 13.0 Å². The fraction of sp³-hybridized carbons (Fsp3) is 0.200. The minimum absolute atomic E-state index is 0.121. The Bertz CT molecular complexity index is 892. The third-order valence-corrected chi connectivity index (χ3v) is 4.66. The van der Waals surface area contributed by atoms with Gasteiger partial charge in [-0.1, -0.05) is 0 Å². The van der Waals surface area contributed by atoms with Crippen molar-refractivity contribution in [3.63, 3.8) is 0 Å². The van der Waals surface area contributed by atoms with E-state index in [0.717, 1.165) is 16.4 Å². The second kappa shape index (κ2) is 8.64. The van der Waals surface area contributed by atoms with Crippen LogP contribution >= 0.6 is 11.3 Å². The number of hydrogen-bond acceptors (Lipinski definition) is 5. The van der Waals surface area contributed by atoms with Gasteiger partial charge < -0.3 is 15.0 Å². The minimum Gasteiger partial charge on any atom is -0.486 e. The highest BCUT2D eigenvalue weighted by atomic mass is 32.1. The summed E-state index contributed by atoms with van der Waals surface area (Å²) in [4.78, 5) is 18.6. The summed E-state index contributed by atoms with van der Waals surface area (Å²) in [6, 6.07) is 13.5. The molecule has 2 aromatic carbocycles. The number of anilines is 2. The molecule has 1 heterocycles. The highest BCUT2D eigenvalue weighted by molar-refractivity contribution is 7.09. The van der Waals surface area contributed by atoms with Gasteiger partial charge in [0.2, 0.25) is 5.91 Å². The molecule has 0 saturated carbocycles. The fourth-order valence-electron chi connectivity index (χ4n) is 2.38. The first-order valence-electron chi connectivity index (χ1n) is 8.38. The van der Waals surface area contributed by atoms with Gasteiger partial charge in [0.15, 0.2) is 0 Å². The Morgan fingerprint density at radius 1 is 1.15 bits per heavy atom. The number of rotatable bonds is 7. The first kappa shape index (κ1) is 18.8. The average molecular weight is 385 g/mol. The van der Waals surface area contributed by atoms with Crippen LogP contribution in [0.1, 0.15) is 10.7 Å². The zero-order valence-corrected chi connectivity index (χ0v) is 15.9. The summed E-state index contributed by atoms with van der Waals surface area (Å²) in [6.07, 6.45) is 0.197. The second-order valence-corrected chi connectivity index (χ2v) is 7.08. The van der Waals surface area contributed by atoms with Crippen LogP contribution in [0.15, 0.2) is 53.9 Å². The van der Waals surface area contributed by atoms with Gasteiger partial charge in [-0.15, -0.1) is 11.3 Å². The molecule has 1 aromatic heterocycles. The van der Waals surface area contributed by atoms with Crippen LogP contribution in [0.3, 0.4) is 0 Å². The van der Waals surface area contributed by atoms with Gasteiger partial charge in [0, 0.05) is 30.9 Å². The second-order valence-electron chi connectivity index (χ2n) is 6.14. The highest BCUT2D eigenvalue weighted by Gasteiger charge is 2.09. The first-order valence-corrected chi connectivity index (χ1v) is 9.26. The van der Waals surface area contributed by atoms with E-state index in [9.17, 15) is 9.18 Å². The largest absolute Gasteiger partial charge is 0.486 e. The van der Waals surface area contributed by atoms with E-state index in [2.05, 4.69) is 10.3 Å². The monoisotopic (exact) mass is 385 g/mol. The van der Waals surface area contributed by atoms with Crippen LogP contribution in [0.25, 0.3) is 0 Å². The quantitative estimate of drug-likeness (QED) is 0.665. The van der Waals surface area contributed by atoms with Gasteiger partial charge in [0.25, 0.3) is 0 Å². The van der Waals surface area contributed by atoms with Crippen molar-refractivity contribution >= 4 is 28.6 Å². The Hall–Kier alpha value is -2.93. The molecule has 1 N–H and O–H groups in total. The third kappa shape index (κ3) is 5.52. The molecule has 5 nitrogen and oxygen atoms in total. The maximum absolute atomic E-state index is 12.9. The van der Waals surface area contributed by atoms with Gasteiger partial charge in [0.05, 0.1) is 12.1 Å². The lowest BCUT2D eigenvalue weighted by Crippen LogP contribution is -2.15. The predicted octanol–water partition coefficient (Wildman–Crippen LogP) is 4.11. The molecule has 0 spiro atoms. The number of aromatic nitrogens is 1. The molecule has 0 bridgehead atoms. The molecule has 3 rings (SSSR count). The van der Waals surface area contributed by atoms with Crippen molar-refractivity contribution < 1.29 is 13.9 Å². The molecule has 0 aliphatic heterocycles. The van der Waals surface area contributed by atoms with Crippen molar-refractivity contribution in [3.05, 3.63) is 70.4 Å². The highest BCUT2D eigenvalue weighted by Crippen LogP contribution is 2.18. The number of halogens is 1. The Morgan fingerprint density at radius 2 is 1.85 bits per heavy atom. The number of amides is 1. The molecule has 0 fully saturated rings. The number of carbonyl (C=O) groups excluding carboxylic acids is 1. The summed E-state index contributed by atoms with van der Waals surface area (Å²) >= 11 is 1.43. The number of hydrogen-bond donors (Lipinski definition) is 1. The number of nitrogens with one attached hydrogen (secondary N) is 1. The van der Waals surface area contributed by atoms with E-state index in [4.69, 9.17) is 4.74 Å².